The molecule has 5 heteroatoms. The summed E-state index contributed by atoms with van der Waals surface area (Å²) in [5, 5.41) is 21.9. The standard InChI is InChI=1S/C84H73N5/c1-81(2,3)59-27-39-74-70(46-59)71-47-60(82(4,5)6)28-40-75(71)87(74)63-33-21-53(22-34-63)56-25-37-66-68(44-56)69-45-57(54-23-35-64(36-24-54)88-76-41-29-61(83(7,8)9)48-72(76)73-49-62(84(10,11)12)30-42-77(73)88)26-38-67(69)79-78(66)86-80(89(79)65-31-17-51(50-85)18-32-65)58-20-19-52-15-13-14-16-55(52)43-58/h13-49H,1-12H3. The van der Waals surface area contributed by atoms with Gasteiger partial charge in [0.2, 0.25) is 0 Å². The Bertz CT molecular complexity index is 5290. The number of aromatic nitrogens is 4. The van der Waals surface area contributed by atoms with Crippen molar-refractivity contribution in [1.82, 2.24) is 18.7 Å². The van der Waals surface area contributed by atoms with Crippen LogP contribution in [0.5, 0.6) is 0 Å². The number of fused-ring (bicyclic) bond motifs is 13. The first-order valence-electron chi connectivity index (χ1n) is 31.4. The van der Waals surface area contributed by atoms with Crippen molar-refractivity contribution in [2.45, 2.75) is 105 Å². The molecule has 0 bridgehead atoms. The predicted molar refractivity (Wildman–Crippen MR) is 378 cm³/mol. The molecule has 0 N–H and O–H groups in total. The van der Waals surface area contributed by atoms with Crippen molar-refractivity contribution >= 4 is 87.0 Å². The van der Waals surface area contributed by atoms with Gasteiger partial charge < -0.3 is 9.13 Å². The highest BCUT2D eigenvalue weighted by Gasteiger charge is 2.26. The van der Waals surface area contributed by atoms with E-state index in [4.69, 9.17) is 4.98 Å². The Hall–Kier alpha value is -10.0. The number of rotatable bonds is 6. The molecule has 0 unspecified atom stereocenters. The van der Waals surface area contributed by atoms with Crippen LogP contribution in [0.15, 0.2) is 224 Å². The summed E-state index contributed by atoms with van der Waals surface area (Å²) in [5.41, 5.74) is 21.5. The van der Waals surface area contributed by atoms with Gasteiger partial charge in [0, 0.05) is 54.9 Å². The zero-order chi connectivity index (χ0) is 61.6. The highest BCUT2D eigenvalue weighted by molar-refractivity contribution is 6.25. The monoisotopic (exact) mass is 1150 g/mol. The van der Waals surface area contributed by atoms with Crippen molar-refractivity contribution in [2.75, 3.05) is 0 Å². The van der Waals surface area contributed by atoms with Crippen LogP contribution in [-0.2, 0) is 21.7 Å². The first-order valence-corrected chi connectivity index (χ1v) is 31.4. The van der Waals surface area contributed by atoms with Crippen LogP contribution in [0.4, 0.5) is 0 Å². The van der Waals surface area contributed by atoms with E-state index in [2.05, 4.69) is 315 Å². The summed E-state index contributed by atoms with van der Waals surface area (Å²) in [6.45, 7) is 27.6. The highest BCUT2D eigenvalue weighted by Crippen LogP contribution is 2.45. The lowest BCUT2D eigenvalue weighted by atomic mass is 9.85. The van der Waals surface area contributed by atoms with Crippen LogP contribution >= 0.6 is 0 Å². The van der Waals surface area contributed by atoms with E-state index < -0.39 is 0 Å². The summed E-state index contributed by atoms with van der Waals surface area (Å²) in [5.74, 6) is 0.840. The fraction of sp³-hybridized carbons (Fsp3) is 0.190. The topological polar surface area (TPSA) is 51.5 Å². The fourth-order valence-corrected chi connectivity index (χ4v) is 13.7. The molecule has 15 aromatic rings. The minimum atomic E-state index is 0.0167. The average Bonchev–Trinajstić information content (AvgIpc) is 1.76. The Balaban J connectivity index is 0.916. The van der Waals surface area contributed by atoms with Crippen molar-refractivity contribution < 1.29 is 0 Å². The molecule has 0 spiro atoms. The Morgan fingerprint density at radius 2 is 0.674 bits per heavy atom. The largest absolute Gasteiger partial charge is 0.309 e. The second kappa shape index (κ2) is 20.0. The fourth-order valence-electron chi connectivity index (χ4n) is 13.7. The van der Waals surface area contributed by atoms with E-state index in [0.29, 0.717) is 5.56 Å². The Labute approximate surface area is 521 Å². The predicted octanol–water partition coefficient (Wildman–Crippen LogP) is 22.7. The van der Waals surface area contributed by atoms with Gasteiger partial charge in [0.1, 0.15) is 5.82 Å². The molecule has 89 heavy (non-hydrogen) atoms. The highest BCUT2D eigenvalue weighted by atomic mass is 15.1. The molecule has 0 aliphatic rings. The lowest BCUT2D eigenvalue weighted by molar-refractivity contribution is 0.590. The maximum absolute atomic E-state index is 9.98. The third-order valence-corrected chi connectivity index (χ3v) is 18.9. The van der Waals surface area contributed by atoms with Crippen LogP contribution in [0.2, 0.25) is 0 Å². The van der Waals surface area contributed by atoms with Crippen LogP contribution in [0.1, 0.15) is 111 Å². The molecule has 12 aromatic carbocycles. The van der Waals surface area contributed by atoms with Gasteiger partial charge in [0.05, 0.1) is 44.7 Å². The summed E-state index contributed by atoms with van der Waals surface area (Å²) < 4.78 is 7.20. The van der Waals surface area contributed by atoms with Crippen LogP contribution < -0.4 is 0 Å². The lowest BCUT2D eigenvalue weighted by Gasteiger charge is -2.19. The Morgan fingerprint density at radius 3 is 1.10 bits per heavy atom. The third kappa shape index (κ3) is 9.30. The number of hydrogen-bond acceptors (Lipinski definition) is 2. The molecule has 5 nitrogen and oxygen atoms in total. The van der Waals surface area contributed by atoms with Gasteiger partial charge in [0.25, 0.3) is 0 Å². The van der Waals surface area contributed by atoms with Crippen molar-refractivity contribution in [3.63, 3.8) is 0 Å². The Morgan fingerprint density at radius 1 is 0.303 bits per heavy atom. The first kappa shape index (κ1) is 55.6. The molecule has 0 saturated carbocycles. The normalized spacial score (nSPS) is 12.7. The molecule has 15 rings (SSSR count). The van der Waals surface area contributed by atoms with Gasteiger partial charge in [-0.3, -0.25) is 4.57 Å². The quantitative estimate of drug-likeness (QED) is 0.156. The van der Waals surface area contributed by atoms with E-state index in [9.17, 15) is 5.26 Å². The van der Waals surface area contributed by atoms with Crippen LogP contribution in [0.25, 0.3) is 138 Å². The molecule has 3 heterocycles. The van der Waals surface area contributed by atoms with Gasteiger partial charge in [-0.25, -0.2) is 4.98 Å². The van der Waals surface area contributed by atoms with Crippen molar-refractivity contribution in [1.29, 1.82) is 5.26 Å². The molecular formula is C84H73N5. The van der Waals surface area contributed by atoms with E-state index in [-0.39, 0.29) is 21.7 Å². The summed E-state index contributed by atoms with van der Waals surface area (Å²) in [6.07, 6.45) is 0. The van der Waals surface area contributed by atoms with Crippen molar-refractivity contribution in [3.05, 3.63) is 252 Å². The number of benzene rings is 12. The third-order valence-electron chi connectivity index (χ3n) is 18.9. The van der Waals surface area contributed by atoms with Crippen LogP contribution in [-0.4, -0.2) is 18.7 Å². The molecule has 0 saturated heterocycles. The van der Waals surface area contributed by atoms with E-state index in [0.717, 1.165) is 88.7 Å². The summed E-state index contributed by atoms with van der Waals surface area (Å²) in [7, 11) is 0. The van der Waals surface area contributed by atoms with Crippen molar-refractivity contribution in [2.24, 2.45) is 0 Å². The Kier molecular flexibility index (Phi) is 12.5. The molecule has 0 radical (unpaired) electrons. The summed E-state index contributed by atoms with van der Waals surface area (Å²) in [6, 6.07) is 85.8. The summed E-state index contributed by atoms with van der Waals surface area (Å²) >= 11 is 0. The van der Waals surface area contributed by atoms with Crippen LogP contribution in [0.3, 0.4) is 0 Å². The van der Waals surface area contributed by atoms with E-state index in [1.807, 2.05) is 12.1 Å². The van der Waals surface area contributed by atoms with Crippen molar-refractivity contribution in [3.8, 4) is 56.8 Å². The molecule has 434 valence electrons. The number of nitrogens with zero attached hydrogens (tertiary/aromatic N) is 5. The van der Waals surface area contributed by atoms with Gasteiger partial charge in [-0.2, -0.15) is 5.26 Å². The number of nitriles is 1. The maximum Gasteiger partial charge on any atom is 0.145 e. The van der Waals surface area contributed by atoms with E-state index >= 15 is 0 Å². The first-order chi connectivity index (χ1) is 42.6. The minimum Gasteiger partial charge on any atom is -0.309 e. The zero-order valence-electron chi connectivity index (χ0n) is 53.1. The maximum atomic E-state index is 9.98. The second-order valence-electron chi connectivity index (χ2n) is 28.9. The molecule has 0 atom stereocenters. The van der Waals surface area contributed by atoms with Gasteiger partial charge in [0.15, 0.2) is 0 Å². The molecule has 3 aromatic heterocycles. The number of imidazole rings is 1. The molecule has 0 aliphatic heterocycles. The molecule has 0 aliphatic carbocycles. The molecule has 0 fully saturated rings. The lowest BCUT2D eigenvalue weighted by Crippen LogP contribution is -2.10. The van der Waals surface area contributed by atoms with Gasteiger partial charge >= 0.3 is 0 Å². The van der Waals surface area contributed by atoms with E-state index in [1.165, 1.54) is 71.3 Å². The molecule has 0 amide bonds. The second-order valence-corrected chi connectivity index (χ2v) is 28.9. The zero-order valence-corrected chi connectivity index (χ0v) is 53.1. The van der Waals surface area contributed by atoms with Gasteiger partial charge in [-0.1, -0.05) is 192 Å². The SMILES string of the molecule is CC(C)(C)c1ccc2c(c1)c1cc(C(C)(C)C)ccc1n2-c1ccc(-c2ccc3c(c2)c2cc(-c4ccc(-n5c6ccc(C(C)(C)C)cc6c6cc(C(C)(C)C)ccc65)cc4)ccc2c2c3nc(-c3ccc4ccccc4c3)n2-c2ccc(C#N)cc2)cc1. The minimum absolute atomic E-state index is 0.0167. The summed E-state index contributed by atoms with van der Waals surface area (Å²) in [4.78, 5) is 5.70. The molecular weight excluding hydrogens is 1080 g/mol. The smallest absolute Gasteiger partial charge is 0.145 e. The average molecular weight is 1150 g/mol. The van der Waals surface area contributed by atoms with Crippen LogP contribution in [0, 0.1) is 11.3 Å². The van der Waals surface area contributed by atoms with Gasteiger partial charge in [-0.05, 0) is 203 Å². The van der Waals surface area contributed by atoms with Gasteiger partial charge in [-0.15, -0.1) is 0 Å². The number of hydrogen-bond donors (Lipinski definition) is 0. The van der Waals surface area contributed by atoms with E-state index in [1.54, 1.807) is 0 Å².